The molecule has 0 radical (unpaired) electrons. The number of hydrogen-bond acceptors (Lipinski definition) is 4. The summed E-state index contributed by atoms with van der Waals surface area (Å²) in [7, 11) is 1.97. The highest BCUT2D eigenvalue weighted by atomic mass is 19.1. The number of aliphatic hydroxyl groups is 1. The molecule has 0 unspecified atom stereocenters. The largest absolute Gasteiger partial charge is 0.493 e. The molecule has 4 rings (SSSR count). The van der Waals surface area contributed by atoms with E-state index in [1.807, 2.05) is 7.05 Å². The van der Waals surface area contributed by atoms with Crippen LogP contribution in [0.4, 0.5) is 4.39 Å². The molecule has 2 fully saturated rings. The molecule has 3 aliphatic heterocycles. The zero-order valence-corrected chi connectivity index (χ0v) is 12.4. The van der Waals surface area contributed by atoms with E-state index in [1.165, 1.54) is 12.1 Å². The minimum absolute atomic E-state index is 0.0135. The summed E-state index contributed by atoms with van der Waals surface area (Å²) in [6, 6.07) is 4.59. The summed E-state index contributed by atoms with van der Waals surface area (Å²) >= 11 is 0. The van der Waals surface area contributed by atoms with Gasteiger partial charge in [0.2, 0.25) is 5.91 Å². The second-order valence-corrected chi connectivity index (χ2v) is 6.54. The predicted octanol–water partition coefficient (Wildman–Crippen LogP) is 0.640. The lowest BCUT2D eigenvalue weighted by Gasteiger charge is -2.39. The van der Waals surface area contributed by atoms with Crippen LogP contribution < -0.4 is 4.74 Å². The van der Waals surface area contributed by atoms with Crippen molar-refractivity contribution < 1.29 is 19.0 Å². The van der Waals surface area contributed by atoms with Gasteiger partial charge in [-0.3, -0.25) is 9.69 Å². The fourth-order valence-electron chi connectivity index (χ4n) is 3.98. The number of benzene rings is 1. The molecule has 1 aromatic carbocycles. The number of nitrogens with zero attached hydrogens (tertiary/aromatic N) is 2. The Morgan fingerprint density at radius 2 is 2.14 bits per heavy atom. The van der Waals surface area contributed by atoms with E-state index in [0.717, 1.165) is 5.56 Å². The third kappa shape index (κ3) is 2.01. The summed E-state index contributed by atoms with van der Waals surface area (Å²) in [4.78, 5) is 16.4. The summed E-state index contributed by atoms with van der Waals surface area (Å²) in [5, 5.41) is 9.38. The monoisotopic (exact) mass is 306 g/mol. The number of likely N-dealkylation sites (tertiary alicyclic amines) is 2. The van der Waals surface area contributed by atoms with Crippen molar-refractivity contribution in [3.63, 3.8) is 0 Å². The van der Waals surface area contributed by atoms with Gasteiger partial charge in [0, 0.05) is 37.2 Å². The lowest BCUT2D eigenvalue weighted by atomic mass is 9.84. The van der Waals surface area contributed by atoms with Crippen LogP contribution in [0.15, 0.2) is 18.2 Å². The van der Waals surface area contributed by atoms with Gasteiger partial charge in [-0.2, -0.15) is 0 Å². The van der Waals surface area contributed by atoms with Gasteiger partial charge < -0.3 is 14.7 Å². The topological polar surface area (TPSA) is 53.0 Å². The van der Waals surface area contributed by atoms with Gasteiger partial charge in [-0.15, -0.1) is 0 Å². The number of carbonyl (C=O) groups is 1. The maximum atomic E-state index is 13.6. The van der Waals surface area contributed by atoms with Crippen molar-refractivity contribution in [1.82, 2.24) is 9.80 Å². The van der Waals surface area contributed by atoms with Crippen LogP contribution in [-0.4, -0.2) is 60.2 Å². The van der Waals surface area contributed by atoms with Crippen LogP contribution >= 0.6 is 0 Å². The summed E-state index contributed by atoms with van der Waals surface area (Å²) in [5.41, 5.74) is 0.831. The second kappa shape index (κ2) is 4.93. The van der Waals surface area contributed by atoms with Gasteiger partial charge in [0.1, 0.15) is 11.6 Å². The molecule has 22 heavy (non-hydrogen) atoms. The van der Waals surface area contributed by atoms with Gasteiger partial charge in [0.15, 0.2) is 0 Å². The number of aliphatic hydroxyl groups excluding tert-OH is 1. The van der Waals surface area contributed by atoms with Crippen molar-refractivity contribution in [2.75, 3.05) is 33.3 Å². The Bertz CT molecular complexity index is 617. The second-order valence-electron chi connectivity index (χ2n) is 6.54. The van der Waals surface area contributed by atoms with E-state index in [2.05, 4.69) is 4.90 Å². The van der Waals surface area contributed by atoms with E-state index < -0.39 is 6.10 Å². The highest BCUT2D eigenvalue weighted by molar-refractivity contribution is 5.81. The van der Waals surface area contributed by atoms with Crippen molar-refractivity contribution in [3.05, 3.63) is 29.6 Å². The maximum absolute atomic E-state index is 13.6. The number of fused-ring (bicyclic) bond motifs is 3. The van der Waals surface area contributed by atoms with Gasteiger partial charge in [-0.1, -0.05) is 0 Å². The Kier molecular flexibility index (Phi) is 3.13. The molecule has 1 N–H and O–H groups in total. The highest BCUT2D eigenvalue weighted by Gasteiger charge is 2.49. The first-order valence-electron chi connectivity index (χ1n) is 7.64. The molecule has 3 heterocycles. The van der Waals surface area contributed by atoms with Crippen LogP contribution in [0.2, 0.25) is 0 Å². The van der Waals surface area contributed by atoms with Crippen molar-refractivity contribution >= 4 is 5.91 Å². The van der Waals surface area contributed by atoms with Gasteiger partial charge in [-0.25, -0.2) is 4.39 Å². The summed E-state index contributed by atoms with van der Waals surface area (Å²) in [6.45, 7) is 1.95. The average Bonchev–Trinajstić information content (AvgIpc) is 2.81. The number of rotatable bonds is 1. The molecule has 0 aromatic heterocycles. The van der Waals surface area contributed by atoms with E-state index in [0.29, 0.717) is 32.0 Å². The van der Waals surface area contributed by atoms with E-state index in [9.17, 15) is 14.3 Å². The van der Waals surface area contributed by atoms with Crippen LogP contribution in [0.5, 0.6) is 5.75 Å². The zero-order chi connectivity index (χ0) is 15.4. The van der Waals surface area contributed by atoms with Crippen molar-refractivity contribution in [2.24, 2.45) is 11.8 Å². The van der Waals surface area contributed by atoms with Crippen LogP contribution in [0.1, 0.15) is 11.6 Å². The molecular weight excluding hydrogens is 287 g/mol. The van der Waals surface area contributed by atoms with E-state index in [4.69, 9.17) is 4.74 Å². The molecule has 0 bridgehead atoms. The normalized spacial score (nSPS) is 31.2. The summed E-state index contributed by atoms with van der Waals surface area (Å²) < 4.78 is 19.4. The molecule has 1 amide bonds. The number of β-amino-alcohol motifs (C(OH)–C–C–N with tert-alkyl or cyclic N) is 1. The Morgan fingerprint density at radius 1 is 1.36 bits per heavy atom. The first-order valence-corrected chi connectivity index (χ1v) is 7.64. The Labute approximate surface area is 128 Å². The fourth-order valence-corrected chi connectivity index (χ4v) is 3.98. The molecular formula is C16H19FN2O3. The molecule has 2 saturated heterocycles. The van der Waals surface area contributed by atoms with Crippen LogP contribution in [0, 0.1) is 17.7 Å². The summed E-state index contributed by atoms with van der Waals surface area (Å²) in [5.74, 6) is 0.385. The van der Waals surface area contributed by atoms with Crippen molar-refractivity contribution in [3.8, 4) is 5.75 Å². The molecule has 118 valence electrons. The fraction of sp³-hybridized carbons (Fsp3) is 0.562. The van der Waals surface area contributed by atoms with Crippen LogP contribution in [-0.2, 0) is 4.79 Å². The minimum Gasteiger partial charge on any atom is -0.493 e. The number of ether oxygens (including phenoxy) is 1. The molecule has 0 spiro atoms. The lowest BCUT2D eigenvalue weighted by Crippen LogP contribution is -2.56. The Balaban J connectivity index is 1.61. The molecule has 3 aliphatic rings. The van der Waals surface area contributed by atoms with E-state index in [1.54, 1.807) is 11.0 Å². The quantitative estimate of drug-likeness (QED) is 0.827. The van der Waals surface area contributed by atoms with Gasteiger partial charge >= 0.3 is 0 Å². The van der Waals surface area contributed by atoms with E-state index >= 15 is 0 Å². The van der Waals surface area contributed by atoms with Crippen LogP contribution in [0.25, 0.3) is 0 Å². The smallest absolute Gasteiger partial charge is 0.227 e. The van der Waals surface area contributed by atoms with Gasteiger partial charge in [0.25, 0.3) is 0 Å². The van der Waals surface area contributed by atoms with Crippen LogP contribution in [0.3, 0.4) is 0 Å². The molecule has 0 aliphatic carbocycles. The third-order valence-corrected chi connectivity index (χ3v) is 5.09. The maximum Gasteiger partial charge on any atom is 0.227 e. The Hall–Kier alpha value is -1.66. The molecule has 3 atom stereocenters. The number of carbonyl (C=O) groups excluding carboxylic acids is 1. The van der Waals surface area contributed by atoms with Crippen molar-refractivity contribution in [2.45, 2.75) is 12.1 Å². The van der Waals surface area contributed by atoms with Gasteiger partial charge in [-0.05, 0) is 25.2 Å². The molecule has 1 aromatic rings. The average molecular weight is 306 g/mol. The minimum atomic E-state index is -0.392. The Morgan fingerprint density at radius 3 is 2.86 bits per heavy atom. The first-order chi connectivity index (χ1) is 10.5. The first kappa shape index (κ1) is 14.0. The standard InChI is InChI=1S/C16H19FN2O3/c1-18-7-12(16(21)19-5-10(20)6-19)13-8-22-14-3-2-9(17)4-11(14)15(13)18/h2-4,10,12-13,15,20H,5-8H2,1H3/t12-,13+,15+/m1/s1. The van der Waals surface area contributed by atoms with E-state index in [-0.39, 0.29) is 29.6 Å². The zero-order valence-electron chi connectivity index (χ0n) is 12.4. The highest BCUT2D eigenvalue weighted by Crippen LogP contribution is 2.47. The van der Waals surface area contributed by atoms with Crippen molar-refractivity contribution in [1.29, 1.82) is 0 Å². The SMILES string of the molecule is CN1C[C@@H](C(=O)N2CC(O)C2)[C@@H]2COc3ccc(F)cc3[C@@H]21. The number of halogens is 1. The lowest BCUT2D eigenvalue weighted by molar-refractivity contribution is -0.147. The molecule has 0 saturated carbocycles. The third-order valence-electron chi connectivity index (χ3n) is 5.09. The summed E-state index contributed by atoms with van der Waals surface area (Å²) in [6.07, 6.45) is -0.392. The van der Waals surface area contributed by atoms with Gasteiger partial charge in [0.05, 0.1) is 18.6 Å². The molecule has 5 nitrogen and oxygen atoms in total. The number of amides is 1. The predicted molar refractivity (Wildman–Crippen MR) is 76.8 cm³/mol. The molecule has 6 heteroatoms. The number of hydrogen-bond donors (Lipinski definition) is 1.